The average Bonchev–Trinajstić information content (AvgIpc) is 3.33. The standard InChI is InChI=1S/C18H16N2O6S2/c1-12(21)19-11-15-8-9-17(27-15)28(23,24)26-14-6-4-13(5-7-14)20-18(22)16-3-2-10-25-16/h2-10H,11H2,1H3,(H,19,21)(H,20,22). The normalized spacial score (nSPS) is 11.0. The topological polar surface area (TPSA) is 115 Å². The first kappa shape index (κ1) is 19.6. The van der Waals surface area contributed by atoms with Gasteiger partial charge in [-0.15, -0.1) is 11.3 Å². The lowest BCUT2D eigenvalue weighted by Gasteiger charge is -2.07. The lowest BCUT2D eigenvalue weighted by Crippen LogP contribution is -2.18. The molecule has 2 N–H and O–H groups in total. The van der Waals surface area contributed by atoms with Crippen LogP contribution < -0.4 is 14.8 Å². The average molecular weight is 420 g/mol. The number of hydrogen-bond donors (Lipinski definition) is 2. The van der Waals surface area contributed by atoms with Gasteiger partial charge in [-0.1, -0.05) is 0 Å². The van der Waals surface area contributed by atoms with Gasteiger partial charge in [-0.05, 0) is 48.5 Å². The minimum Gasteiger partial charge on any atom is -0.459 e. The van der Waals surface area contributed by atoms with Gasteiger partial charge in [0, 0.05) is 17.5 Å². The van der Waals surface area contributed by atoms with Gasteiger partial charge < -0.3 is 19.2 Å². The van der Waals surface area contributed by atoms with Crippen molar-refractivity contribution in [3.05, 3.63) is 65.4 Å². The molecule has 0 atom stereocenters. The Morgan fingerprint density at radius 2 is 1.86 bits per heavy atom. The summed E-state index contributed by atoms with van der Waals surface area (Å²) >= 11 is 1.02. The Hall–Kier alpha value is -3.11. The fourth-order valence-electron chi connectivity index (χ4n) is 2.16. The van der Waals surface area contributed by atoms with E-state index >= 15 is 0 Å². The lowest BCUT2D eigenvalue weighted by atomic mass is 10.3. The van der Waals surface area contributed by atoms with Crippen LogP contribution in [0.25, 0.3) is 0 Å². The highest BCUT2D eigenvalue weighted by Gasteiger charge is 2.19. The summed E-state index contributed by atoms with van der Waals surface area (Å²) in [6, 6.07) is 12.1. The molecule has 0 fully saturated rings. The van der Waals surface area contributed by atoms with Crippen molar-refractivity contribution in [3.8, 4) is 5.75 Å². The molecule has 0 spiro atoms. The molecule has 0 aliphatic carbocycles. The molecule has 28 heavy (non-hydrogen) atoms. The van der Waals surface area contributed by atoms with Gasteiger partial charge in [-0.2, -0.15) is 8.42 Å². The Balaban J connectivity index is 1.64. The molecule has 0 saturated heterocycles. The van der Waals surface area contributed by atoms with E-state index < -0.39 is 16.0 Å². The molecule has 3 rings (SSSR count). The Labute approximate surface area is 165 Å². The first-order chi connectivity index (χ1) is 13.3. The van der Waals surface area contributed by atoms with Crippen molar-refractivity contribution in [1.29, 1.82) is 0 Å². The molecule has 2 heterocycles. The molecule has 146 valence electrons. The fourth-order valence-corrected chi connectivity index (χ4v) is 4.35. The van der Waals surface area contributed by atoms with Crippen LogP contribution >= 0.6 is 11.3 Å². The Bertz CT molecular complexity index is 1070. The Morgan fingerprint density at radius 1 is 1.11 bits per heavy atom. The number of hydrogen-bond acceptors (Lipinski definition) is 7. The lowest BCUT2D eigenvalue weighted by molar-refractivity contribution is -0.119. The minimum absolute atomic E-state index is 0.0306. The second-order valence-corrected chi connectivity index (χ2v) is 8.57. The molecule has 0 saturated carbocycles. The number of rotatable bonds is 7. The summed E-state index contributed by atoms with van der Waals surface area (Å²) < 4.78 is 34.9. The molecule has 0 aliphatic rings. The molecule has 0 aliphatic heterocycles. The van der Waals surface area contributed by atoms with Gasteiger partial charge in [0.1, 0.15) is 5.75 Å². The number of nitrogens with one attached hydrogen (secondary N) is 2. The molecule has 8 nitrogen and oxygen atoms in total. The molecular formula is C18H16N2O6S2. The van der Waals surface area contributed by atoms with Crippen LogP contribution in [0.2, 0.25) is 0 Å². The molecule has 2 amide bonds. The van der Waals surface area contributed by atoms with E-state index in [9.17, 15) is 18.0 Å². The molecule has 0 radical (unpaired) electrons. The van der Waals surface area contributed by atoms with Crippen molar-refractivity contribution >= 4 is 39.0 Å². The maximum absolute atomic E-state index is 12.4. The zero-order chi connectivity index (χ0) is 20.1. The van der Waals surface area contributed by atoms with Gasteiger partial charge >= 0.3 is 10.1 Å². The molecule has 2 aromatic heterocycles. The highest BCUT2D eigenvalue weighted by atomic mass is 32.3. The van der Waals surface area contributed by atoms with E-state index in [1.54, 1.807) is 12.1 Å². The second kappa shape index (κ2) is 8.28. The van der Waals surface area contributed by atoms with Gasteiger partial charge in [0.15, 0.2) is 9.97 Å². The van der Waals surface area contributed by atoms with Crippen molar-refractivity contribution in [2.45, 2.75) is 17.7 Å². The zero-order valence-electron chi connectivity index (χ0n) is 14.7. The second-order valence-electron chi connectivity index (χ2n) is 5.62. The quantitative estimate of drug-likeness (QED) is 0.568. The maximum Gasteiger partial charge on any atom is 0.348 e. The number of benzene rings is 1. The summed E-state index contributed by atoms with van der Waals surface area (Å²) in [7, 11) is -4.00. The number of carbonyl (C=O) groups is 2. The monoisotopic (exact) mass is 420 g/mol. The van der Waals surface area contributed by atoms with Crippen LogP contribution in [0.5, 0.6) is 5.75 Å². The van der Waals surface area contributed by atoms with Crippen molar-refractivity contribution in [1.82, 2.24) is 5.32 Å². The number of thiophene rings is 1. The van der Waals surface area contributed by atoms with Crippen LogP contribution in [0, 0.1) is 0 Å². The molecular weight excluding hydrogens is 404 g/mol. The fraction of sp³-hybridized carbons (Fsp3) is 0.111. The predicted octanol–water partition coefficient (Wildman–Crippen LogP) is 3.00. The van der Waals surface area contributed by atoms with E-state index in [4.69, 9.17) is 8.60 Å². The summed E-state index contributed by atoms with van der Waals surface area (Å²) in [6.45, 7) is 1.63. The van der Waals surface area contributed by atoms with E-state index in [2.05, 4.69) is 10.6 Å². The summed E-state index contributed by atoms with van der Waals surface area (Å²) in [5.41, 5.74) is 0.458. The SMILES string of the molecule is CC(=O)NCc1ccc(S(=O)(=O)Oc2ccc(NC(=O)c3ccco3)cc2)s1. The largest absolute Gasteiger partial charge is 0.459 e. The van der Waals surface area contributed by atoms with E-state index in [1.165, 1.54) is 49.6 Å². The summed E-state index contributed by atoms with van der Waals surface area (Å²) in [5, 5.41) is 5.23. The van der Waals surface area contributed by atoms with E-state index in [-0.39, 0.29) is 28.2 Å². The van der Waals surface area contributed by atoms with Gasteiger partial charge in [-0.3, -0.25) is 9.59 Å². The molecule has 1 aromatic carbocycles. The third kappa shape index (κ3) is 4.99. The van der Waals surface area contributed by atoms with Crippen molar-refractivity contribution < 1.29 is 26.6 Å². The zero-order valence-corrected chi connectivity index (χ0v) is 16.3. The third-order valence-corrected chi connectivity index (χ3v) is 6.24. The first-order valence-electron chi connectivity index (χ1n) is 8.06. The van der Waals surface area contributed by atoms with Crippen LogP contribution in [0.1, 0.15) is 22.4 Å². The molecule has 0 bridgehead atoms. The maximum atomic E-state index is 12.4. The predicted molar refractivity (Wildman–Crippen MR) is 103 cm³/mol. The highest BCUT2D eigenvalue weighted by molar-refractivity contribution is 7.89. The molecule has 10 heteroatoms. The summed E-state index contributed by atoms with van der Waals surface area (Å²) in [4.78, 5) is 23.5. The molecule has 0 unspecified atom stereocenters. The van der Waals surface area contributed by atoms with Crippen LogP contribution in [-0.2, 0) is 21.5 Å². The number of carbonyl (C=O) groups excluding carboxylic acids is 2. The summed E-state index contributed by atoms with van der Waals surface area (Å²) in [5.74, 6) is -0.353. The van der Waals surface area contributed by atoms with Crippen LogP contribution in [0.3, 0.4) is 0 Å². The van der Waals surface area contributed by atoms with Crippen LogP contribution in [0.15, 0.2) is 63.4 Å². The number of amides is 2. The number of furan rings is 1. The van der Waals surface area contributed by atoms with Gasteiger partial charge in [0.2, 0.25) is 5.91 Å². The van der Waals surface area contributed by atoms with E-state index in [0.29, 0.717) is 10.6 Å². The summed E-state index contributed by atoms with van der Waals surface area (Å²) in [6.07, 6.45) is 1.39. The van der Waals surface area contributed by atoms with E-state index in [1.807, 2.05) is 0 Å². The van der Waals surface area contributed by atoms with Crippen LogP contribution in [0.4, 0.5) is 5.69 Å². The first-order valence-corrected chi connectivity index (χ1v) is 10.3. The van der Waals surface area contributed by atoms with Gasteiger partial charge in [0.25, 0.3) is 5.91 Å². The van der Waals surface area contributed by atoms with Crippen molar-refractivity contribution in [2.24, 2.45) is 0 Å². The van der Waals surface area contributed by atoms with Gasteiger partial charge in [0.05, 0.1) is 12.8 Å². The smallest absolute Gasteiger partial charge is 0.348 e. The third-order valence-electron chi connectivity index (χ3n) is 3.46. The molecule has 3 aromatic rings. The van der Waals surface area contributed by atoms with Crippen molar-refractivity contribution in [2.75, 3.05) is 5.32 Å². The highest BCUT2D eigenvalue weighted by Crippen LogP contribution is 2.26. The van der Waals surface area contributed by atoms with E-state index in [0.717, 1.165) is 11.3 Å². The van der Waals surface area contributed by atoms with Crippen LogP contribution in [-0.4, -0.2) is 20.2 Å². The Morgan fingerprint density at radius 3 is 2.50 bits per heavy atom. The van der Waals surface area contributed by atoms with Crippen molar-refractivity contribution in [3.63, 3.8) is 0 Å². The Kier molecular flexibility index (Phi) is 5.81. The number of anilines is 1. The van der Waals surface area contributed by atoms with Gasteiger partial charge in [-0.25, -0.2) is 0 Å². The minimum atomic E-state index is -4.00.